The van der Waals surface area contributed by atoms with Crippen molar-refractivity contribution in [2.75, 3.05) is 0 Å². The second-order valence-corrected chi connectivity index (χ2v) is 3.70. The van der Waals surface area contributed by atoms with E-state index in [0.717, 1.165) is 14.5 Å². The fourth-order valence-electron chi connectivity index (χ4n) is 1.18. The molecular weight excluding hydrogens is 265 g/mol. The summed E-state index contributed by atoms with van der Waals surface area (Å²) < 4.78 is 0.872. The largest absolute Gasteiger partial charge is 0.317 e. The number of nitrogens with one attached hydrogen (secondary N) is 1. The maximum Gasteiger partial charge on any atom is 0.256 e. The van der Waals surface area contributed by atoms with Gasteiger partial charge in [-0.3, -0.25) is 4.79 Å². The molecule has 0 unspecified atom stereocenters. The third-order valence-electron chi connectivity index (χ3n) is 1.72. The van der Waals surface area contributed by atoms with Crippen LogP contribution < -0.4 is 5.56 Å². The Hall–Kier alpha value is -0.840. The lowest BCUT2D eigenvalue weighted by Crippen LogP contribution is -2.06. The third-order valence-corrected chi connectivity index (χ3v) is 2.30. The zero-order valence-electron chi connectivity index (χ0n) is 6.17. The van der Waals surface area contributed by atoms with Gasteiger partial charge in [0.15, 0.2) is 0 Å². The van der Waals surface area contributed by atoms with E-state index >= 15 is 0 Å². The van der Waals surface area contributed by atoms with Crippen LogP contribution in [0.4, 0.5) is 0 Å². The van der Waals surface area contributed by atoms with Crippen molar-refractivity contribution in [1.29, 1.82) is 0 Å². The van der Waals surface area contributed by atoms with E-state index in [2.05, 4.69) is 27.6 Å². The molecule has 2 rings (SSSR count). The van der Waals surface area contributed by atoms with Crippen LogP contribution in [0.1, 0.15) is 0 Å². The van der Waals surface area contributed by atoms with Gasteiger partial charge in [-0.15, -0.1) is 0 Å². The lowest BCUT2D eigenvalue weighted by molar-refractivity contribution is 1.23. The Morgan fingerprint density at radius 2 is 2.00 bits per heavy atom. The van der Waals surface area contributed by atoms with Crippen molar-refractivity contribution in [3.63, 3.8) is 0 Å². The van der Waals surface area contributed by atoms with Gasteiger partial charge in [-0.1, -0.05) is 18.2 Å². The van der Waals surface area contributed by atoms with Gasteiger partial charge in [0.2, 0.25) is 0 Å². The van der Waals surface area contributed by atoms with E-state index in [1.807, 2.05) is 30.3 Å². The van der Waals surface area contributed by atoms with Crippen LogP contribution in [0.2, 0.25) is 0 Å². The topological polar surface area (TPSA) is 32.9 Å². The predicted molar refractivity (Wildman–Crippen MR) is 57.3 cm³/mol. The molecular formula is C9H6INO. The summed E-state index contributed by atoms with van der Waals surface area (Å²) in [7, 11) is 0. The molecule has 0 spiro atoms. The van der Waals surface area contributed by atoms with Crippen LogP contribution in [0.15, 0.2) is 35.1 Å². The first-order chi connectivity index (χ1) is 5.77. The molecule has 0 aliphatic rings. The van der Waals surface area contributed by atoms with E-state index in [0.29, 0.717) is 0 Å². The predicted octanol–water partition coefficient (Wildman–Crippen LogP) is 2.13. The van der Waals surface area contributed by atoms with E-state index in [9.17, 15) is 4.79 Å². The smallest absolute Gasteiger partial charge is 0.256 e. The van der Waals surface area contributed by atoms with Gasteiger partial charge in [-0.2, -0.15) is 0 Å². The summed E-state index contributed by atoms with van der Waals surface area (Å²) in [5, 5.41) is 1.74. The number of pyridine rings is 1. The number of H-pyrrole nitrogens is 1. The number of halogens is 1. The monoisotopic (exact) mass is 271 g/mol. The molecule has 12 heavy (non-hydrogen) atoms. The minimum absolute atomic E-state index is 0.0162. The van der Waals surface area contributed by atoms with Gasteiger partial charge < -0.3 is 4.98 Å². The van der Waals surface area contributed by atoms with Crippen LogP contribution in [0.5, 0.6) is 0 Å². The molecule has 1 aromatic carbocycles. The Morgan fingerprint density at radius 1 is 1.25 bits per heavy atom. The number of aromatic nitrogens is 1. The second kappa shape index (κ2) is 2.90. The molecule has 0 atom stereocenters. The number of hydrogen-bond acceptors (Lipinski definition) is 1. The minimum atomic E-state index is -0.0162. The second-order valence-electron chi connectivity index (χ2n) is 2.53. The molecule has 0 radical (unpaired) electrons. The highest BCUT2D eigenvalue weighted by Crippen LogP contribution is 2.10. The first kappa shape index (κ1) is 7.79. The summed E-state index contributed by atoms with van der Waals surface area (Å²) in [4.78, 5) is 14.1. The van der Waals surface area contributed by atoms with Gasteiger partial charge in [0, 0.05) is 5.39 Å². The van der Waals surface area contributed by atoms with Crippen LogP contribution in [0.25, 0.3) is 10.8 Å². The molecule has 0 aliphatic carbocycles. The van der Waals surface area contributed by atoms with Crippen LogP contribution >= 0.6 is 22.6 Å². The van der Waals surface area contributed by atoms with Crippen molar-refractivity contribution < 1.29 is 0 Å². The summed E-state index contributed by atoms with van der Waals surface area (Å²) in [6.45, 7) is 0. The van der Waals surface area contributed by atoms with Crippen LogP contribution in [-0.4, -0.2) is 4.98 Å². The maximum atomic E-state index is 11.3. The van der Waals surface area contributed by atoms with Gasteiger partial charge in [0.05, 0.1) is 3.70 Å². The van der Waals surface area contributed by atoms with Crippen molar-refractivity contribution in [2.45, 2.75) is 0 Å². The Labute approximate surface area is 82.8 Å². The van der Waals surface area contributed by atoms with Gasteiger partial charge in [-0.05, 0) is 40.1 Å². The van der Waals surface area contributed by atoms with Gasteiger partial charge in [-0.25, -0.2) is 0 Å². The van der Waals surface area contributed by atoms with Crippen molar-refractivity contribution in [1.82, 2.24) is 4.98 Å². The third kappa shape index (κ3) is 1.24. The lowest BCUT2D eigenvalue weighted by Gasteiger charge is -1.95. The quantitative estimate of drug-likeness (QED) is 0.578. The van der Waals surface area contributed by atoms with E-state index in [1.54, 1.807) is 0 Å². The van der Waals surface area contributed by atoms with Gasteiger partial charge in [0.25, 0.3) is 5.56 Å². The molecule has 0 aliphatic heterocycles. The van der Waals surface area contributed by atoms with Crippen molar-refractivity contribution in [2.24, 2.45) is 0 Å². The van der Waals surface area contributed by atoms with Crippen LogP contribution in [0.3, 0.4) is 0 Å². The van der Waals surface area contributed by atoms with E-state index in [4.69, 9.17) is 0 Å². The standard InChI is InChI=1S/C9H6INO/c10-8-5-6-3-1-2-4-7(6)9(12)11-8/h1-5H,(H,11,12). The first-order valence-electron chi connectivity index (χ1n) is 3.55. The Kier molecular flexibility index (Phi) is 1.88. The Balaban J connectivity index is 2.99. The van der Waals surface area contributed by atoms with E-state index < -0.39 is 0 Å². The fraction of sp³-hybridized carbons (Fsp3) is 0. The van der Waals surface area contributed by atoms with E-state index in [1.165, 1.54) is 0 Å². The molecule has 0 saturated carbocycles. The van der Waals surface area contributed by atoms with Gasteiger partial charge in [0.1, 0.15) is 0 Å². The first-order valence-corrected chi connectivity index (χ1v) is 4.63. The maximum absolute atomic E-state index is 11.3. The number of fused-ring (bicyclic) bond motifs is 1. The highest BCUT2D eigenvalue weighted by molar-refractivity contribution is 14.1. The molecule has 1 heterocycles. The molecule has 0 bridgehead atoms. The Morgan fingerprint density at radius 3 is 2.83 bits per heavy atom. The van der Waals surface area contributed by atoms with Crippen molar-refractivity contribution in [3.8, 4) is 0 Å². The van der Waals surface area contributed by atoms with Gasteiger partial charge >= 0.3 is 0 Å². The molecule has 3 heteroatoms. The highest BCUT2D eigenvalue weighted by atomic mass is 127. The minimum Gasteiger partial charge on any atom is -0.317 e. The summed E-state index contributed by atoms with van der Waals surface area (Å²) >= 11 is 2.10. The summed E-state index contributed by atoms with van der Waals surface area (Å²) in [5.74, 6) is 0. The summed E-state index contributed by atoms with van der Waals surface area (Å²) in [6.07, 6.45) is 0. The summed E-state index contributed by atoms with van der Waals surface area (Å²) in [5.41, 5.74) is -0.0162. The molecule has 2 aromatic rings. The number of aromatic amines is 1. The number of hydrogen-bond donors (Lipinski definition) is 1. The molecule has 0 fully saturated rings. The lowest BCUT2D eigenvalue weighted by atomic mass is 10.2. The number of rotatable bonds is 0. The molecule has 0 amide bonds. The average molecular weight is 271 g/mol. The molecule has 60 valence electrons. The van der Waals surface area contributed by atoms with Crippen LogP contribution in [0, 0.1) is 3.70 Å². The SMILES string of the molecule is O=c1[nH]c(I)cc2ccccc12. The fourth-order valence-corrected chi connectivity index (χ4v) is 1.76. The normalized spacial score (nSPS) is 10.4. The highest BCUT2D eigenvalue weighted by Gasteiger charge is 1.97. The Bertz CT molecular complexity index is 475. The van der Waals surface area contributed by atoms with E-state index in [-0.39, 0.29) is 5.56 Å². The average Bonchev–Trinajstić information content (AvgIpc) is 2.04. The molecule has 0 saturated heterocycles. The summed E-state index contributed by atoms with van der Waals surface area (Å²) in [6, 6.07) is 9.51. The molecule has 1 aromatic heterocycles. The number of benzene rings is 1. The van der Waals surface area contributed by atoms with Crippen molar-refractivity contribution >= 4 is 33.4 Å². The zero-order chi connectivity index (χ0) is 8.55. The van der Waals surface area contributed by atoms with Crippen molar-refractivity contribution in [3.05, 3.63) is 44.4 Å². The van der Waals surface area contributed by atoms with Crippen LogP contribution in [-0.2, 0) is 0 Å². The molecule has 1 N–H and O–H groups in total. The zero-order valence-corrected chi connectivity index (χ0v) is 8.33. The molecule has 2 nitrogen and oxygen atoms in total.